The molecule has 0 unspecified atom stereocenters. The van der Waals surface area contributed by atoms with Gasteiger partial charge in [0, 0.05) is 22.8 Å². The maximum atomic E-state index is 13.0. The van der Waals surface area contributed by atoms with Crippen LogP contribution in [0.5, 0.6) is 0 Å². The Bertz CT molecular complexity index is 1360. The molecule has 3 aromatic carbocycles. The molecule has 0 saturated heterocycles. The number of aromatic nitrogens is 1. The number of para-hydroxylation sites is 1. The molecule has 5 rings (SSSR count). The Hall–Kier alpha value is -3.44. The molecule has 0 saturated carbocycles. The minimum Gasteiger partial charge on any atom is -0.340 e. The van der Waals surface area contributed by atoms with Gasteiger partial charge in [0.2, 0.25) is 0 Å². The van der Waals surface area contributed by atoms with Gasteiger partial charge in [-0.15, -0.1) is 0 Å². The van der Waals surface area contributed by atoms with E-state index in [0.717, 1.165) is 58.0 Å². The molecule has 0 spiro atoms. The van der Waals surface area contributed by atoms with Gasteiger partial charge in [-0.05, 0) is 62.8 Å². The van der Waals surface area contributed by atoms with Gasteiger partial charge >= 0.3 is 0 Å². The third kappa shape index (κ3) is 3.04. The van der Waals surface area contributed by atoms with Crippen LogP contribution in [0.2, 0.25) is 0 Å². The van der Waals surface area contributed by atoms with Gasteiger partial charge in [0.05, 0.1) is 16.6 Å². The maximum absolute atomic E-state index is 13.0. The second-order valence-electron chi connectivity index (χ2n) is 8.49. The van der Waals surface area contributed by atoms with Crippen molar-refractivity contribution in [3.8, 4) is 11.1 Å². The Balaban J connectivity index is 1.87. The molecule has 0 bridgehead atoms. The summed E-state index contributed by atoms with van der Waals surface area (Å²) in [6.07, 6.45) is 0.989. The van der Waals surface area contributed by atoms with E-state index in [1.54, 1.807) is 0 Å². The van der Waals surface area contributed by atoms with E-state index in [2.05, 4.69) is 41.0 Å². The zero-order valence-electron chi connectivity index (χ0n) is 18.0. The fourth-order valence-corrected chi connectivity index (χ4v) is 4.77. The van der Waals surface area contributed by atoms with Crippen LogP contribution in [0.25, 0.3) is 32.9 Å². The molecule has 2 heterocycles. The Morgan fingerprint density at radius 2 is 1.58 bits per heavy atom. The molecular weight excluding hydrogens is 386 g/mol. The van der Waals surface area contributed by atoms with E-state index < -0.39 is 0 Å². The third-order valence-electron chi connectivity index (χ3n) is 6.16. The smallest absolute Gasteiger partial charge is 0.259 e. The summed E-state index contributed by atoms with van der Waals surface area (Å²) in [6.45, 7) is 3.85. The van der Waals surface area contributed by atoms with Crippen molar-refractivity contribution in [1.82, 2.24) is 14.8 Å². The fourth-order valence-electron chi connectivity index (χ4n) is 4.77. The van der Waals surface area contributed by atoms with E-state index in [1.165, 1.54) is 0 Å². The highest BCUT2D eigenvalue weighted by atomic mass is 16.2. The number of hydrogen-bond donors (Lipinski definition) is 1. The number of nitrogens with zero attached hydrogens (tertiary/aromatic N) is 2. The fraction of sp³-hybridized carbons (Fsp3) is 0.231. The first-order chi connectivity index (χ1) is 15.0. The first-order valence-corrected chi connectivity index (χ1v) is 10.6. The number of rotatable bonds is 5. The summed E-state index contributed by atoms with van der Waals surface area (Å²) in [5.41, 5.74) is 5.96. The highest BCUT2D eigenvalue weighted by molar-refractivity contribution is 6.32. The molecule has 2 amide bonds. The number of aryl methyl sites for hydroxylation is 2. The lowest BCUT2D eigenvalue weighted by Crippen LogP contribution is -2.20. The van der Waals surface area contributed by atoms with Gasteiger partial charge in [0.25, 0.3) is 11.8 Å². The Labute approximate surface area is 181 Å². The molecule has 1 aliphatic rings. The van der Waals surface area contributed by atoms with Crippen molar-refractivity contribution >= 4 is 33.6 Å². The highest BCUT2D eigenvalue weighted by Crippen LogP contribution is 2.41. The largest absolute Gasteiger partial charge is 0.340 e. The highest BCUT2D eigenvalue weighted by Gasteiger charge is 2.34. The summed E-state index contributed by atoms with van der Waals surface area (Å²) < 4.78 is 2.30. The summed E-state index contributed by atoms with van der Waals surface area (Å²) >= 11 is 0. The number of amides is 2. The van der Waals surface area contributed by atoms with E-state index >= 15 is 0 Å². The first kappa shape index (κ1) is 19.5. The third-order valence-corrected chi connectivity index (χ3v) is 6.16. The molecule has 5 nitrogen and oxygen atoms in total. The molecule has 0 atom stereocenters. The summed E-state index contributed by atoms with van der Waals surface area (Å²) in [4.78, 5) is 28.0. The van der Waals surface area contributed by atoms with Gasteiger partial charge in [0.15, 0.2) is 0 Å². The van der Waals surface area contributed by atoms with E-state index in [4.69, 9.17) is 0 Å². The minimum absolute atomic E-state index is 0.309. The Morgan fingerprint density at radius 1 is 0.871 bits per heavy atom. The van der Waals surface area contributed by atoms with E-state index in [-0.39, 0.29) is 11.8 Å². The van der Waals surface area contributed by atoms with Crippen molar-refractivity contribution in [1.29, 1.82) is 0 Å². The molecule has 1 aromatic heterocycles. The molecule has 1 aliphatic heterocycles. The number of fused-ring (bicyclic) bond motifs is 5. The Kier molecular flexibility index (Phi) is 4.63. The molecule has 31 heavy (non-hydrogen) atoms. The predicted octanol–water partition coefficient (Wildman–Crippen LogP) is 4.61. The van der Waals surface area contributed by atoms with Gasteiger partial charge in [-0.1, -0.05) is 42.5 Å². The number of carbonyl (C=O) groups is 2. The van der Waals surface area contributed by atoms with Crippen LogP contribution in [0.3, 0.4) is 0 Å². The molecular formula is C26H25N3O2. The van der Waals surface area contributed by atoms with Crippen LogP contribution in [-0.4, -0.2) is 41.9 Å². The number of benzene rings is 3. The molecule has 156 valence electrons. The van der Waals surface area contributed by atoms with Crippen molar-refractivity contribution in [2.24, 2.45) is 0 Å². The average molecular weight is 412 g/mol. The maximum Gasteiger partial charge on any atom is 0.259 e. The van der Waals surface area contributed by atoms with Crippen molar-refractivity contribution in [3.05, 3.63) is 71.3 Å². The lowest BCUT2D eigenvalue weighted by atomic mass is 9.91. The summed E-state index contributed by atoms with van der Waals surface area (Å²) in [6, 6.07) is 18.3. The quantitative estimate of drug-likeness (QED) is 0.488. The average Bonchev–Trinajstić information content (AvgIpc) is 3.22. The number of carbonyl (C=O) groups excluding carboxylic acids is 2. The van der Waals surface area contributed by atoms with Gasteiger partial charge in [-0.2, -0.15) is 0 Å². The van der Waals surface area contributed by atoms with Crippen LogP contribution in [0.1, 0.15) is 32.7 Å². The zero-order valence-corrected chi connectivity index (χ0v) is 18.0. The first-order valence-electron chi connectivity index (χ1n) is 10.6. The van der Waals surface area contributed by atoms with Gasteiger partial charge < -0.3 is 9.47 Å². The molecule has 0 aliphatic carbocycles. The van der Waals surface area contributed by atoms with Crippen LogP contribution in [0.4, 0.5) is 0 Å². The molecule has 1 N–H and O–H groups in total. The standard InChI is InChI=1S/C26H25N3O2/c1-16-9-4-5-10-17(16)19-15-21-22(24-23(19)25(30)27-26(24)31)18-11-6-7-12-20(18)29(21)14-8-13-28(2)3/h4-7,9-12,15H,8,13-14H2,1-3H3,(H,27,30,31). The zero-order chi connectivity index (χ0) is 21.7. The molecule has 4 aromatic rings. The summed E-state index contributed by atoms with van der Waals surface area (Å²) in [7, 11) is 4.15. The van der Waals surface area contributed by atoms with Crippen LogP contribution in [0, 0.1) is 6.92 Å². The van der Waals surface area contributed by atoms with E-state index in [0.29, 0.717) is 11.1 Å². The topological polar surface area (TPSA) is 54.3 Å². The number of imide groups is 1. The molecule has 0 fully saturated rings. The lowest BCUT2D eigenvalue weighted by molar-refractivity contribution is 0.0880. The summed E-state index contributed by atoms with van der Waals surface area (Å²) in [5, 5.41) is 4.43. The second-order valence-corrected chi connectivity index (χ2v) is 8.49. The SMILES string of the molecule is Cc1ccccc1-c1cc2c(c3c1C(=O)NC3=O)c1ccccc1n2CCCN(C)C. The molecule has 5 heteroatoms. The Morgan fingerprint density at radius 3 is 2.35 bits per heavy atom. The lowest BCUT2D eigenvalue weighted by Gasteiger charge is -2.14. The van der Waals surface area contributed by atoms with Gasteiger partial charge in [-0.3, -0.25) is 14.9 Å². The monoisotopic (exact) mass is 411 g/mol. The van der Waals surface area contributed by atoms with Crippen LogP contribution in [0.15, 0.2) is 54.6 Å². The van der Waals surface area contributed by atoms with Crippen LogP contribution >= 0.6 is 0 Å². The predicted molar refractivity (Wildman–Crippen MR) is 125 cm³/mol. The summed E-state index contributed by atoms with van der Waals surface area (Å²) in [5.74, 6) is -0.624. The van der Waals surface area contributed by atoms with Crippen molar-refractivity contribution in [2.75, 3.05) is 20.6 Å². The van der Waals surface area contributed by atoms with Gasteiger partial charge in [0.1, 0.15) is 0 Å². The number of nitrogens with one attached hydrogen (secondary N) is 1. The minimum atomic E-state index is -0.315. The second kappa shape index (κ2) is 7.36. The van der Waals surface area contributed by atoms with Crippen molar-refractivity contribution in [3.63, 3.8) is 0 Å². The van der Waals surface area contributed by atoms with Crippen molar-refractivity contribution in [2.45, 2.75) is 19.9 Å². The van der Waals surface area contributed by atoms with E-state index in [9.17, 15) is 9.59 Å². The van der Waals surface area contributed by atoms with E-state index in [1.807, 2.05) is 49.4 Å². The van der Waals surface area contributed by atoms with Gasteiger partial charge in [-0.25, -0.2) is 0 Å². The normalized spacial score (nSPS) is 13.4. The van der Waals surface area contributed by atoms with Crippen LogP contribution < -0.4 is 5.32 Å². The molecule has 0 radical (unpaired) electrons. The van der Waals surface area contributed by atoms with Crippen LogP contribution in [-0.2, 0) is 6.54 Å². The van der Waals surface area contributed by atoms with Crippen molar-refractivity contribution < 1.29 is 9.59 Å². The number of hydrogen-bond acceptors (Lipinski definition) is 3.